The van der Waals surface area contributed by atoms with E-state index >= 15 is 0 Å². The Kier molecular flexibility index (Phi) is 4.61. The molecule has 0 aliphatic heterocycles. The van der Waals surface area contributed by atoms with Crippen molar-refractivity contribution >= 4 is 17.7 Å². The van der Waals surface area contributed by atoms with Crippen LogP contribution in [0.15, 0.2) is 6.33 Å². The lowest BCUT2D eigenvalue weighted by atomic mass is 10.2. The molecule has 0 N–H and O–H groups in total. The summed E-state index contributed by atoms with van der Waals surface area (Å²) in [6, 6.07) is 0. The molecule has 1 atom stereocenters. The van der Waals surface area contributed by atoms with Gasteiger partial charge in [-0.15, -0.1) is 10.2 Å². The van der Waals surface area contributed by atoms with Crippen LogP contribution in [0.5, 0.6) is 0 Å². The van der Waals surface area contributed by atoms with Crippen LogP contribution in [-0.2, 0) is 22.3 Å². The van der Waals surface area contributed by atoms with Crippen LogP contribution in [0.1, 0.15) is 12.7 Å². The Morgan fingerprint density at radius 3 is 3.00 bits per heavy atom. The van der Waals surface area contributed by atoms with Crippen LogP contribution in [0.3, 0.4) is 0 Å². The molecular formula is C9H15N3O2S. The Labute approximate surface area is 93.2 Å². The number of aromatic nitrogens is 3. The molecule has 1 rings (SSSR count). The number of hydrogen-bond acceptors (Lipinski definition) is 5. The lowest BCUT2D eigenvalue weighted by molar-refractivity contribution is -0.143. The van der Waals surface area contributed by atoms with Gasteiger partial charge >= 0.3 is 5.97 Å². The first kappa shape index (κ1) is 12.0. The average molecular weight is 229 g/mol. The zero-order valence-corrected chi connectivity index (χ0v) is 9.95. The number of thioether (sulfide) groups is 1. The molecule has 0 amide bonds. The Balaban J connectivity index is 2.28. The molecule has 1 heterocycles. The van der Waals surface area contributed by atoms with Gasteiger partial charge in [0.1, 0.15) is 12.2 Å². The van der Waals surface area contributed by atoms with Crippen LogP contribution in [0.4, 0.5) is 0 Å². The third-order valence-corrected chi connectivity index (χ3v) is 3.21. The van der Waals surface area contributed by atoms with E-state index in [2.05, 4.69) is 14.9 Å². The van der Waals surface area contributed by atoms with Crippen LogP contribution in [-0.4, -0.2) is 33.6 Å². The molecule has 0 aromatic carbocycles. The lowest BCUT2D eigenvalue weighted by Crippen LogP contribution is -2.15. The minimum absolute atomic E-state index is 0.0757. The molecule has 15 heavy (non-hydrogen) atoms. The van der Waals surface area contributed by atoms with Gasteiger partial charge in [-0.2, -0.15) is 11.8 Å². The van der Waals surface area contributed by atoms with Gasteiger partial charge in [0.25, 0.3) is 0 Å². The Bertz CT molecular complexity index is 327. The third-order valence-electron chi connectivity index (χ3n) is 2.01. The third kappa shape index (κ3) is 3.54. The van der Waals surface area contributed by atoms with Gasteiger partial charge in [0.2, 0.25) is 0 Å². The maximum Gasteiger partial charge on any atom is 0.309 e. The maximum atomic E-state index is 11.1. The zero-order valence-electron chi connectivity index (χ0n) is 9.14. The normalized spacial score (nSPS) is 12.5. The van der Waals surface area contributed by atoms with Crippen LogP contribution in [0.25, 0.3) is 0 Å². The van der Waals surface area contributed by atoms with Crippen molar-refractivity contribution in [1.29, 1.82) is 0 Å². The van der Waals surface area contributed by atoms with Crippen molar-refractivity contribution in [1.82, 2.24) is 14.8 Å². The van der Waals surface area contributed by atoms with E-state index in [0.717, 1.165) is 17.3 Å². The topological polar surface area (TPSA) is 57.0 Å². The van der Waals surface area contributed by atoms with E-state index in [0.29, 0.717) is 0 Å². The molecular weight excluding hydrogens is 214 g/mol. The highest BCUT2D eigenvalue weighted by Crippen LogP contribution is 2.14. The van der Waals surface area contributed by atoms with Gasteiger partial charge < -0.3 is 9.30 Å². The molecule has 0 radical (unpaired) electrons. The number of rotatable bonds is 5. The second-order valence-electron chi connectivity index (χ2n) is 3.30. The number of methoxy groups -OCH3 is 1. The van der Waals surface area contributed by atoms with Crippen LogP contribution >= 0.6 is 11.8 Å². The Morgan fingerprint density at radius 2 is 2.47 bits per heavy atom. The molecule has 5 nitrogen and oxygen atoms in total. The average Bonchev–Trinajstić information content (AvgIpc) is 2.63. The summed E-state index contributed by atoms with van der Waals surface area (Å²) in [5.74, 6) is 2.17. The van der Waals surface area contributed by atoms with Crippen molar-refractivity contribution < 1.29 is 9.53 Å². The Morgan fingerprint density at radius 1 is 1.73 bits per heavy atom. The molecule has 0 saturated carbocycles. The minimum atomic E-state index is -0.166. The highest BCUT2D eigenvalue weighted by molar-refractivity contribution is 7.98. The molecule has 0 bridgehead atoms. The first-order valence-electron chi connectivity index (χ1n) is 4.63. The predicted molar refractivity (Wildman–Crippen MR) is 58.3 cm³/mol. The highest BCUT2D eigenvalue weighted by atomic mass is 32.2. The number of aryl methyl sites for hydroxylation is 1. The second kappa shape index (κ2) is 5.75. The number of carbonyl (C=O) groups is 1. The maximum absolute atomic E-state index is 11.1. The fourth-order valence-corrected chi connectivity index (χ4v) is 2.09. The number of hydrogen-bond donors (Lipinski definition) is 0. The molecule has 0 saturated heterocycles. The van der Waals surface area contributed by atoms with Crippen LogP contribution in [0, 0.1) is 5.92 Å². The van der Waals surface area contributed by atoms with E-state index in [9.17, 15) is 4.79 Å². The van der Waals surface area contributed by atoms with Gasteiger partial charge in [-0.3, -0.25) is 4.79 Å². The summed E-state index contributed by atoms with van der Waals surface area (Å²) < 4.78 is 6.51. The molecule has 0 aliphatic rings. The van der Waals surface area contributed by atoms with E-state index in [1.54, 1.807) is 18.1 Å². The molecule has 0 fully saturated rings. The second-order valence-corrected chi connectivity index (χ2v) is 4.33. The fraction of sp³-hybridized carbons (Fsp3) is 0.667. The van der Waals surface area contributed by atoms with Crippen molar-refractivity contribution in [2.75, 3.05) is 12.9 Å². The van der Waals surface area contributed by atoms with Gasteiger partial charge in [-0.05, 0) is 0 Å². The predicted octanol–water partition coefficient (Wildman–Crippen LogP) is 0.857. The van der Waals surface area contributed by atoms with Gasteiger partial charge in [0.05, 0.1) is 18.8 Å². The summed E-state index contributed by atoms with van der Waals surface area (Å²) in [4.78, 5) is 11.1. The summed E-state index contributed by atoms with van der Waals surface area (Å²) >= 11 is 1.65. The zero-order chi connectivity index (χ0) is 11.3. The van der Waals surface area contributed by atoms with Crippen LogP contribution < -0.4 is 0 Å². The van der Waals surface area contributed by atoms with E-state index in [-0.39, 0.29) is 11.9 Å². The van der Waals surface area contributed by atoms with Crippen molar-refractivity contribution in [2.24, 2.45) is 13.0 Å². The largest absolute Gasteiger partial charge is 0.469 e. The van der Waals surface area contributed by atoms with E-state index in [1.165, 1.54) is 7.11 Å². The molecule has 1 aromatic heterocycles. The van der Waals surface area contributed by atoms with Crippen molar-refractivity contribution in [3.05, 3.63) is 12.2 Å². The summed E-state index contributed by atoms with van der Waals surface area (Å²) in [5, 5.41) is 7.73. The van der Waals surface area contributed by atoms with Crippen molar-refractivity contribution in [2.45, 2.75) is 12.7 Å². The fourth-order valence-electron chi connectivity index (χ4n) is 1.03. The van der Waals surface area contributed by atoms with Crippen molar-refractivity contribution in [3.8, 4) is 0 Å². The van der Waals surface area contributed by atoms with E-state index < -0.39 is 0 Å². The van der Waals surface area contributed by atoms with Crippen molar-refractivity contribution in [3.63, 3.8) is 0 Å². The minimum Gasteiger partial charge on any atom is -0.469 e. The quantitative estimate of drug-likeness (QED) is 0.701. The molecule has 0 spiro atoms. The first-order chi connectivity index (χ1) is 7.15. The van der Waals surface area contributed by atoms with E-state index in [4.69, 9.17) is 0 Å². The first-order valence-corrected chi connectivity index (χ1v) is 5.79. The van der Waals surface area contributed by atoms with Gasteiger partial charge in [-0.25, -0.2) is 0 Å². The molecule has 1 aromatic rings. The van der Waals surface area contributed by atoms with Crippen LogP contribution in [0.2, 0.25) is 0 Å². The smallest absolute Gasteiger partial charge is 0.309 e. The summed E-state index contributed by atoms with van der Waals surface area (Å²) in [7, 11) is 3.31. The summed E-state index contributed by atoms with van der Waals surface area (Å²) in [6.45, 7) is 1.86. The molecule has 6 heteroatoms. The number of esters is 1. The lowest BCUT2D eigenvalue weighted by Gasteiger charge is -2.07. The SMILES string of the molecule is COC(=O)C(C)CSCc1nncn1C. The summed E-state index contributed by atoms with van der Waals surface area (Å²) in [5.41, 5.74) is 0. The number of carbonyl (C=O) groups excluding carboxylic acids is 1. The summed E-state index contributed by atoms with van der Waals surface area (Å²) in [6.07, 6.45) is 1.67. The number of ether oxygens (including phenoxy) is 1. The van der Waals surface area contributed by atoms with Gasteiger partial charge in [0, 0.05) is 12.8 Å². The standard InChI is InChI=1S/C9H15N3O2S/c1-7(9(13)14-3)4-15-5-8-11-10-6-12(8)2/h6-7H,4-5H2,1-3H3. The van der Waals surface area contributed by atoms with Gasteiger partial charge in [0.15, 0.2) is 0 Å². The molecule has 0 aliphatic carbocycles. The molecule has 84 valence electrons. The number of nitrogens with zero attached hydrogens (tertiary/aromatic N) is 3. The molecule has 1 unspecified atom stereocenters. The van der Waals surface area contributed by atoms with E-state index in [1.807, 2.05) is 18.5 Å². The van der Waals surface area contributed by atoms with Gasteiger partial charge in [-0.1, -0.05) is 6.92 Å². The highest BCUT2D eigenvalue weighted by Gasteiger charge is 2.13. The Hall–Kier alpha value is -1.04. The monoisotopic (exact) mass is 229 g/mol.